The standard InChI is InChI=1S/C30H34N4O3.C28H30N4O3.8C2H6/c1-32(23-10-6-5-7-11-23)29(35)21-15-14-20(27(19-21)37-4)18-22-16-17-26-28(31-22)33(2)25-13-9-8-12-24(25)30(36)34(26)3;1-30-23-10-6-5-9-22(23)28(34)31(2)24-14-13-21(29-26(24)30)17-19-11-12-20(18-25(19)35-3)27(33)32-15-7-4-8-16-32;8*1-2/h8-9,12-17,19,23H,5-7,10-11,18H2,1-4H3;5-6,9-14,18H,4,7-8,15-17H2,1-3H3;8*1-2H3. The molecule has 4 aliphatic rings. The van der Waals surface area contributed by atoms with Gasteiger partial charge in [0.25, 0.3) is 23.6 Å². The number of anilines is 6. The highest BCUT2D eigenvalue weighted by Gasteiger charge is 2.31. The van der Waals surface area contributed by atoms with E-state index in [-0.39, 0.29) is 23.6 Å². The number of aromatic nitrogens is 2. The minimum Gasteiger partial charge on any atom is -0.496 e. The maximum atomic E-state index is 13.2. The molecule has 5 heterocycles. The van der Waals surface area contributed by atoms with Gasteiger partial charge in [0.1, 0.15) is 11.5 Å². The second-order valence-electron chi connectivity index (χ2n) is 19.1. The number of rotatable bonds is 9. The first-order valence-corrected chi connectivity index (χ1v) is 33.0. The number of para-hydroxylation sites is 2. The zero-order chi connectivity index (χ0) is 66.6. The van der Waals surface area contributed by atoms with Crippen LogP contribution in [0.15, 0.2) is 109 Å². The third-order valence-electron chi connectivity index (χ3n) is 14.7. The summed E-state index contributed by atoms with van der Waals surface area (Å²) >= 11 is 0. The van der Waals surface area contributed by atoms with Gasteiger partial charge in [0.15, 0.2) is 11.6 Å². The van der Waals surface area contributed by atoms with Crippen LogP contribution < -0.4 is 29.1 Å². The molecule has 88 heavy (non-hydrogen) atoms. The van der Waals surface area contributed by atoms with Gasteiger partial charge in [0, 0.05) is 101 Å². The normalized spacial score (nSPS) is 13.2. The van der Waals surface area contributed by atoms with E-state index in [0.717, 1.165) is 95.7 Å². The fraction of sp³-hybridized carbons (Fsp3) is 0.486. The van der Waals surface area contributed by atoms with E-state index in [1.54, 1.807) is 38.1 Å². The van der Waals surface area contributed by atoms with Crippen LogP contribution in [0.4, 0.5) is 34.4 Å². The minimum absolute atomic E-state index is 0.0351. The topological polar surface area (TPSA) is 132 Å². The molecule has 1 saturated heterocycles. The number of ether oxygens (including phenoxy) is 2. The summed E-state index contributed by atoms with van der Waals surface area (Å²) in [6.07, 6.45) is 10.2. The Kier molecular flexibility index (Phi) is 37.5. The van der Waals surface area contributed by atoms with E-state index in [1.165, 1.54) is 25.7 Å². The number of methoxy groups -OCH3 is 2. The van der Waals surface area contributed by atoms with Crippen LogP contribution in [0.2, 0.25) is 0 Å². The van der Waals surface area contributed by atoms with Crippen LogP contribution in [0.3, 0.4) is 0 Å². The summed E-state index contributed by atoms with van der Waals surface area (Å²) in [6, 6.07) is 34.6. The van der Waals surface area contributed by atoms with E-state index in [1.807, 2.05) is 261 Å². The summed E-state index contributed by atoms with van der Waals surface area (Å²) in [5.41, 5.74) is 9.35. The zero-order valence-electron chi connectivity index (χ0n) is 58.5. The van der Waals surface area contributed by atoms with Gasteiger partial charge in [-0.1, -0.05) is 166 Å². The van der Waals surface area contributed by atoms with Crippen LogP contribution in [0.1, 0.15) is 226 Å². The highest BCUT2D eigenvalue weighted by molar-refractivity contribution is 6.14. The Morgan fingerprint density at radius 3 is 1.25 bits per heavy atom. The van der Waals surface area contributed by atoms with Crippen LogP contribution >= 0.6 is 0 Å². The molecule has 4 amide bonds. The van der Waals surface area contributed by atoms with Crippen molar-refractivity contribution in [3.63, 3.8) is 0 Å². The molecule has 0 spiro atoms. The summed E-state index contributed by atoms with van der Waals surface area (Å²) in [4.78, 5) is 73.2. The molecule has 484 valence electrons. The first-order valence-electron chi connectivity index (χ1n) is 33.0. The Hall–Kier alpha value is -7.74. The summed E-state index contributed by atoms with van der Waals surface area (Å²) in [5.74, 6) is 2.77. The second-order valence-corrected chi connectivity index (χ2v) is 19.1. The average molecular weight is 1210 g/mol. The Balaban J connectivity index is 0.000000718. The molecule has 14 heteroatoms. The molecular weight excluding hydrogens is 1100 g/mol. The van der Waals surface area contributed by atoms with Gasteiger partial charge in [-0.05, 0) is 105 Å². The van der Waals surface area contributed by atoms with Crippen LogP contribution in [0.5, 0.6) is 11.5 Å². The fourth-order valence-electron chi connectivity index (χ4n) is 10.4. The molecule has 4 aromatic carbocycles. The number of hydrogen-bond donors (Lipinski definition) is 0. The van der Waals surface area contributed by atoms with Crippen LogP contribution in [-0.2, 0) is 12.8 Å². The first kappa shape index (κ1) is 78.3. The van der Waals surface area contributed by atoms with Gasteiger partial charge in [-0.3, -0.25) is 19.2 Å². The zero-order valence-corrected chi connectivity index (χ0v) is 58.5. The maximum absolute atomic E-state index is 13.2. The lowest BCUT2D eigenvalue weighted by Crippen LogP contribution is -2.38. The SMILES string of the molecule is CC.CC.CC.CC.CC.CC.CC.CC.COc1cc(C(=O)N(C)C2CCCCC2)ccc1Cc1ccc2c(n1)N(C)c1ccccc1C(=O)N2C.COc1cc(C(=O)N2CCCCC2)ccc1Cc1ccc2c(n1)N(C)c1ccccc1C(=O)N2C. The molecule has 0 radical (unpaired) electrons. The first-order chi connectivity index (χ1) is 42.9. The van der Waals surface area contributed by atoms with Crippen molar-refractivity contribution in [1.82, 2.24) is 19.8 Å². The fourth-order valence-corrected chi connectivity index (χ4v) is 10.4. The van der Waals surface area contributed by atoms with E-state index in [4.69, 9.17) is 19.4 Å². The van der Waals surface area contributed by atoms with Gasteiger partial charge < -0.3 is 38.9 Å². The number of carbonyl (C=O) groups is 4. The quantitative estimate of drug-likeness (QED) is 0.138. The van der Waals surface area contributed by atoms with E-state index in [2.05, 4.69) is 0 Å². The van der Waals surface area contributed by atoms with E-state index in [9.17, 15) is 19.2 Å². The number of carbonyl (C=O) groups excluding carboxylic acids is 4. The highest BCUT2D eigenvalue weighted by atomic mass is 16.5. The molecule has 0 unspecified atom stereocenters. The molecule has 6 aromatic rings. The number of likely N-dealkylation sites (tertiary alicyclic amines) is 1. The Bertz CT molecular complexity index is 3020. The van der Waals surface area contributed by atoms with Crippen LogP contribution in [0.25, 0.3) is 0 Å². The largest absolute Gasteiger partial charge is 0.496 e. The van der Waals surface area contributed by atoms with Gasteiger partial charge in [0.05, 0.1) is 48.1 Å². The van der Waals surface area contributed by atoms with Crippen molar-refractivity contribution >= 4 is 58.0 Å². The molecule has 10 rings (SSSR count). The van der Waals surface area contributed by atoms with Crippen molar-refractivity contribution in [2.24, 2.45) is 0 Å². The maximum Gasteiger partial charge on any atom is 0.260 e. The monoisotopic (exact) mass is 1210 g/mol. The number of piperidine rings is 1. The minimum atomic E-state index is -0.0594. The smallest absolute Gasteiger partial charge is 0.260 e. The van der Waals surface area contributed by atoms with Crippen molar-refractivity contribution in [3.05, 3.63) is 154 Å². The molecule has 2 fully saturated rings. The number of fused-ring (bicyclic) bond motifs is 4. The van der Waals surface area contributed by atoms with E-state index >= 15 is 0 Å². The summed E-state index contributed by atoms with van der Waals surface area (Å²) in [6.45, 7) is 33.6. The van der Waals surface area contributed by atoms with Crippen molar-refractivity contribution in [1.29, 1.82) is 0 Å². The van der Waals surface area contributed by atoms with Crippen molar-refractivity contribution in [3.8, 4) is 11.5 Å². The molecule has 3 aliphatic heterocycles. The highest BCUT2D eigenvalue weighted by Crippen LogP contribution is 2.40. The molecule has 14 nitrogen and oxygen atoms in total. The van der Waals surface area contributed by atoms with Gasteiger partial charge in [-0.2, -0.15) is 0 Å². The number of benzene rings is 4. The third kappa shape index (κ3) is 19.6. The van der Waals surface area contributed by atoms with Gasteiger partial charge >= 0.3 is 0 Å². The number of hydrogen-bond acceptors (Lipinski definition) is 10. The second kappa shape index (κ2) is 42.2. The molecule has 0 atom stereocenters. The van der Waals surface area contributed by atoms with Gasteiger partial charge in [0.2, 0.25) is 0 Å². The molecule has 1 saturated carbocycles. The Labute approximate surface area is 532 Å². The number of nitrogens with zero attached hydrogens (tertiary/aromatic N) is 8. The number of amides is 4. The lowest BCUT2D eigenvalue weighted by molar-refractivity contribution is 0.0694. The Morgan fingerprint density at radius 1 is 0.466 bits per heavy atom. The van der Waals surface area contributed by atoms with Crippen molar-refractivity contribution in [2.75, 3.05) is 82.1 Å². The van der Waals surface area contributed by atoms with Crippen LogP contribution in [0, 0.1) is 0 Å². The lowest BCUT2D eigenvalue weighted by Gasteiger charge is -2.31. The van der Waals surface area contributed by atoms with Gasteiger partial charge in [-0.25, -0.2) is 9.97 Å². The third-order valence-corrected chi connectivity index (χ3v) is 14.7. The number of pyridine rings is 2. The molecule has 0 N–H and O–H groups in total. The van der Waals surface area contributed by atoms with Crippen molar-refractivity contribution < 1.29 is 28.7 Å². The molecular formula is C74H112N8O6. The lowest BCUT2D eigenvalue weighted by atomic mass is 9.94. The molecule has 1 aliphatic carbocycles. The summed E-state index contributed by atoms with van der Waals surface area (Å²) in [5, 5.41) is 0. The van der Waals surface area contributed by atoms with E-state index in [0.29, 0.717) is 52.6 Å². The van der Waals surface area contributed by atoms with E-state index < -0.39 is 0 Å². The Morgan fingerprint density at radius 2 is 0.841 bits per heavy atom. The predicted octanol–water partition coefficient (Wildman–Crippen LogP) is 18.3. The summed E-state index contributed by atoms with van der Waals surface area (Å²) < 4.78 is 11.4. The predicted molar refractivity (Wildman–Crippen MR) is 374 cm³/mol. The van der Waals surface area contributed by atoms with Crippen LogP contribution in [-0.4, -0.2) is 112 Å². The summed E-state index contributed by atoms with van der Waals surface area (Å²) in [7, 11) is 12.6. The molecule has 2 aromatic heterocycles. The van der Waals surface area contributed by atoms with Crippen molar-refractivity contribution in [2.45, 2.75) is 181 Å². The van der Waals surface area contributed by atoms with Gasteiger partial charge in [-0.15, -0.1) is 0 Å². The molecule has 0 bridgehead atoms. The average Bonchev–Trinajstić information content (AvgIpc) is 2.56.